The molecule has 2 rings (SSSR count). The van der Waals surface area contributed by atoms with E-state index in [1.807, 2.05) is 26.8 Å². The molecule has 0 N–H and O–H groups in total. The summed E-state index contributed by atoms with van der Waals surface area (Å²) in [5.41, 5.74) is -0.111. The molecule has 1 atom stereocenters. The van der Waals surface area contributed by atoms with Crippen LogP contribution in [0.1, 0.15) is 39.3 Å². The van der Waals surface area contributed by atoms with E-state index < -0.39 is 5.60 Å². The van der Waals surface area contributed by atoms with Gasteiger partial charge >= 0.3 is 6.09 Å². The van der Waals surface area contributed by atoms with Gasteiger partial charge in [-0.05, 0) is 45.7 Å². The number of aromatic nitrogens is 1. The van der Waals surface area contributed by atoms with Crippen LogP contribution in [0.2, 0.25) is 0 Å². The van der Waals surface area contributed by atoms with Crippen molar-refractivity contribution in [3.05, 3.63) is 24.0 Å². The number of carbonyl (C=O) groups excluding carboxylic acids is 1. The van der Waals surface area contributed by atoms with Crippen LogP contribution in [0.3, 0.4) is 0 Å². The summed E-state index contributed by atoms with van der Waals surface area (Å²) in [6, 6.07) is 5.34. The SMILES string of the molecule is CC(C)(C)OC(=O)N1CCCC(COc2ccc(C#N)nc2)C1. The van der Waals surface area contributed by atoms with Gasteiger partial charge in [0.15, 0.2) is 0 Å². The zero-order valence-corrected chi connectivity index (χ0v) is 13.9. The lowest BCUT2D eigenvalue weighted by molar-refractivity contribution is 0.0139. The molecule has 0 spiro atoms. The molecule has 6 heteroatoms. The summed E-state index contributed by atoms with van der Waals surface area (Å²) in [4.78, 5) is 17.8. The molecule has 1 aliphatic rings. The van der Waals surface area contributed by atoms with Gasteiger partial charge in [0, 0.05) is 19.0 Å². The van der Waals surface area contributed by atoms with Crippen molar-refractivity contribution in [1.29, 1.82) is 5.26 Å². The molecular formula is C17H23N3O3. The normalized spacial score (nSPS) is 18.2. The van der Waals surface area contributed by atoms with Crippen LogP contribution in [0.25, 0.3) is 0 Å². The van der Waals surface area contributed by atoms with Crippen LogP contribution in [0.4, 0.5) is 4.79 Å². The standard InChI is InChI=1S/C17H23N3O3/c1-17(2,3)23-16(21)20-8-4-5-13(11-20)12-22-15-7-6-14(9-18)19-10-15/h6-7,10,13H,4-5,8,11-12H2,1-3H3. The van der Waals surface area contributed by atoms with Crippen LogP contribution >= 0.6 is 0 Å². The largest absolute Gasteiger partial charge is 0.492 e. The number of hydrogen-bond donors (Lipinski definition) is 0. The lowest BCUT2D eigenvalue weighted by Crippen LogP contribution is -2.44. The van der Waals surface area contributed by atoms with Crippen LogP contribution in [-0.2, 0) is 4.74 Å². The molecule has 0 bridgehead atoms. The fraction of sp³-hybridized carbons (Fsp3) is 0.588. The average molecular weight is 317 g/mol. The molecule has 1 saturated heterocycles. The van der Waals surface area contributed by atoms with E-state index in [9.17, 15) is 4.79 Å². The Bertz CT molecular complexity index is 572. The summed E-state index contributed by atoms with van der Waals surface area (Å²) < 4.78 is 11.1. The van der Waals surface area contributed by atoms with Gasteiger partial charge in [0.25, 0.3) is 0 Å². The van der Waals surface area contributed by atoms with Crippen molar-refractivity contribution in [2.75, 3.05) is 19.7 Å². The van der Waals surface area contributed by atoms with E-state index in [1.54, 1.807) is 23.2 Å². The highest BCUT2D eigenvalue weighted by atomic mass is 16.6. The van der Waals surface area contributed by atoms with Crippen LogP contribution < -0.4 is 4.74 Å². The van der Waals surface area contributed by atoms with Crippen molar-refractivity contribution in [3.8, 4) is 11.8 Å². The Morgan fingerprint density at radius 1 is 1.48 bits per heavy atom. The fourth-order valence-electron chi connectivity index (χ4n) is 2.44. The highest BCUT2D eigenvalue weighted by Gasteiger charge is 2.27. The van der Waals surface area contributed by atoms with E-state index in [0.29, 0.717) is 24.6 Å². The first-order chi connectivity index (χ1) is 10.9. The van der Waals surface area contributed by atoms with Gasteiger partial charge in [0.05, 0.1) is 12.8 Å². The van der Waals surface area contributed by atoms with Crippen LogP contribution in [-0.4, -0.2) is 41.3 Å². The quantitative estimate of drug-likeness (QED) is 0.856. The number of hydrogen-bond acceptors (Lipinski definition) is 5. The number of amides is 1. The van der Waals surface area contributed by atoms with Crippen molar-refractivity contribution in [2.24, 2.45) is 5.92 Å². The number of rotatable bonds is 3. The Morgan fingerprint density at radius 3 is 2.87 bits per heavy atom. The van der Waals surface area contributed by atoms with Gasteiger partial charge in [-0.25, -0.2) is 9.78 Å². The van der Waals surface area contributed by atoms with Gasteiger partial charge in [-0.15, -0.1) is 0 Å². The molecule has 1 aliphatic heterocycles. The first-order valence-corrected chi connectivity index (χ1v) is 7.84. The maximum Gasteiger partial charge on any atom is 0.410 e. The molecule has 0 aromatic carbocycles. The van der Waals surface area contributed by atoms with Crippen molar-refractivity contribution >= 4 is 6.09 Å². The lowest BCUT2D eigenvalue weighted by atomic mass is 9.99. The Kier molecular flexibility index (Phi) is 5.43. The smallest absolute Gasteiger partial charge is 0.410 e. The molecule has 6 nitrogen and oxygen atoms in total. The van der Waals surface area contributed by atoms with Crippen molar-refractivity contribution in [2.45, 2.75) is 39.2 Å². The number of nitriles is 1. The molecule has 1 unspecified atom stereocenters. The van der Waals surface area contributed by atoms with E-state index in [4.69, 9.17) is 14.7 Å². The Balaban J connectivity index is 1.84. The minimum Gasteiger partial charge on any atom is -0.492 e. The molecule has 1 aromatic rings. The van der Waals surface area contributed by atoms with Crippen molar-refractivity contribution in [3.63, 3.8) is 0 Å². The molecule has 23 heavy (non-hydrogen) atoms. The highest BCUT2D eigenvalue weighted by molar-refractivity contribution is 5.68. The zero-order chi connectivity index (χ0) is 16.9. The number of ether oxygens (including phenoxy) is 2. The average Bonchev–Trinajstić information content (AvgIpc) is 2.52. The Hall–Kier alpha value is -2.29. The third kappa shape index (κ3) is 5.44. The molecule has 1 aromatic heterocycles. The van der Waals surface area contributed by atoms with Crippen molar-refractivity contribution in [1.82, 2.24) is 9.88 Å². The van der Waals surface area contributed by atoms with E-state index in [2.05, 4.69) is 4.98 Å². The maximum absolute atomic E-state index is 12.1. The van der Waals surface area contributed by atoms with E-state index >= 15 is 0 Å². The molecule has 1 amide bonds. The van der Waals surface area contributed by atoms with E-state index in [0.717, 1.165) is 19.4 Å². The number of piperidine rings is 1. The lowest BCUT2D eigenvalue weighted by Gasteiger charge is -2.34. The predicted octanol–water partition coefficient (Wildman–Crippen LogP) is 2.98. The molecule has 0 saturated carbocycles. The minimum atomic E-state index is -0.477. The van der Waals surface area contributed by atoms with E-state index in [1.165, 1.54) is 0 Å². The monoisotopic (exact) mass is 317 g/mol. The molecule has 124 valence electrons. The Morgan fingerprint density at radius 2 is 2.26 bits per heavy atom. The highest BCUT2D eigenvalue weighted by Crippen LogP contribution is 2.20. The second-order valence-corrected chi connectivity index (χ2v) is 6.74. The molecule has 0 aliphatic carbocycles. The van der Waals surface area contributed by atoms with Crippen LogP contribution in [0, 0.1) is 17.2 Å². The van der Waals surface area contributed by atoms with Gasteiger partial charge in [-0.1, -0.05) is 0 Å². The van der Waals surface area contributed by atoms with Crippen LogP contribution in [0.5, 0.6) is 5.75 Å². The molecule has 1 fully saturated rings. The van der Waals surface area contributed by atoms with Crippen LogP contribution in [0.15, 0.2) is 18.3 Å². The van der Waals surface area contributed by atoms with Gasteiger partial charge < -0.3 is 14.4 Å². The number of carbonyl (C=O) groups is 1. The second-order valence-electron chi connectivity index (χ2n) is 6.74. The van der Waals surface area contributed by atoms with Gasteiger partial charge in [0.2, 0.25) is 0 Å². The minimum absolute atomic E-state index is 0.262. The fourth-order valence-corrected chi connectivity index (χ4v) is 2.44. The van der Waals surface area contributed by atoms with E-state index in [-0.39, 0.29) is 12.0 Å². The first kappa shape index (κ1) is 17.1. The van der Waals surface area contributed by atoms with Crippen molar-refractivity contribution < 1.29 is 14.3 Å². The predicted molar refractivity (Wildman–Crippen MR) is 85.0 cm³/mol. The third-order valence-corrected chi connectivity index (χ3v) is 3.51. The zero-order valence-electron chi connectivity index (χ0n) is 13.9. The molecule has 0 radical (unpaired) electrons. The summed E-state index contributed by atoms with van der Waals surface area (Å²) in [5, 5.41) is 8.72. The third-order valence-electron chi connectivity index (χ3n) is 3.51. The summed E-state index contributed by atoms with van der Waals surface area (Å²) in [5.74, 6) is 0.908. The van der Waals surface area contributed by atoms with Gasteiger partial charge in [-0.2, -0.15) is 5.26 Å². The summed E-state index contributed by atoms with van der Waals surface area (Å²) >= 11 is 0. The maximum atomic E-state index is 12.1. The summed E-state index contributed by atoms with van der Waals surface area (Å²) in [7, 11) is 0. The molecule has 2 heterocycles. The number of likely N-dealkylation sites (tertiary alicyclic amines) is 1. The summed E-state index contributed by atoms with van der Waals surface area (Å²) in [6.45, 7) is 7.49. The van der Waals surface area contributed by atoms with Gasteiger partial charge in [-0.3, -0.25) is 0 Å². The second kappa shape index (κ2) is 7.32. The molecular weight excluding hydrogens is 294 g/mol. The number of pyridine rings is 1. The first-order valence-electron chi connectivity index (χ1n) is 7.84. The summed E-state index contributed by atoms with van der Waals surface area (Å²) in [6.07, 6.45) is 3.25. The number of nitrogens with zero attached hydrogens (tertiary/aromatic N) is 3. The van der Waals surface area contributed by atoms with Gasteiger partial charge in [0.1, 0.15) is 23.1 Å². The Labute approximate surface area is 137 Å². The topological polar surface area (TPSA) is 75.4 Å².